The highest BCUT2D eigenvalue weighted by Gasteiger charge is 2.09. The molecule has 0 saturated heterocycles. The highest BCUT2D eigenvalue weighted by Crippen LogP contribution is 2.17. The normalized spacial score (nSPS) is 12.1. The molecule has 0 aliphatic carbocycles. The van der Waals surface area contributed by atoms with E-state index in [1.165, 1.54) is 5.56 Å². The second kappa shape index (κ2) is 7.90. The summed E-state index contributed by atoms with van der Waals surface area (Å²) in [7, 11) is 0. The van der Waals surface area contributed by atoms with Crippen LogP contribution in [0.3, 0.4) is 0 Å². The maximum absolute atomic E-state index is 11.7. The molecule has 1 atom stereocenters. The lowest BCUT2D eigenvalue weighted by Gasteiger charge is -2.09. The first-order chi connectivity index (χ1) is 9.40. The van der Waals surface area contributed by atoms with E-state index in [1.54, 1.807) is 6.92 Å². The molecule has 0 aliphatic rings. The van der Waals surface area contributed by atoms with Gasteiger partial charge in [-0.15, -0.1) is 11.6 Å². The summed E-state index contributed by atoms with van der Waals surface area (Å²) in [5.41, 5.74) is 1.99. The molecule has 0 spiro atoms. The summed E-state index contributed by atoms with van der Waals surface area (Å²) >= 11 is 5.60. The van der Waals surface area contributed by atoms with Gasteiger partial charge < -0.3 is 10.6 Å². The largest absolute Gasteiger partial charge is 0.354 e. The van der Waals surface area contributed by atoms with E-state index in [9.17, 15) is 9.59 Å². The number of halogens is 1. The van der Waals surface area contributed by atoms with Crippen LogP contribution < -0.4 is 10.6 Å². The molecule has 0 aromatic heterocycles. The van der Waals surface area contributed by atoms with Crippen LogP contribution in [0.4, 0.5) is 5.69 Å². The molecule has 110 valence electrons. The Morgan fingerprint density at radius 1 is 1.15 bits per heavy atom. The van der Waals surface area contributed by atoms with Crippen LogP contribution in [0, 0.1) is 0 Å². The van der Waals surface area contributed by atoms with Crippen LogP contribution in [0.25, 0.3) is 0 Å². The predicted octanol–water partition coefficient (Wildman–Crippen LogP) is 2.88. The van der Waals surface area contributed by atoms with Crippen LogP contribution in [-0.4, -0.2) is 23.7 Å². The fourth-order valence-corrected chi connectivity index (χ4v) is 1.69. The van der Waals surface area contributed by atoms with Crippen LogP contribution in [0.15, 0.2) is 24.3 Å². The summed E-state index contributed by atoms with van der Waals surface area (Å²) in [6.07, 6.45) is 0.223. The van der Waals surface area contributed by atoms with Crippen molar-refractivity contribution in [2.75, 3.05) is 11.9 Å². The molecule has 5 heteroatoms. The number of hydrogen-bond acceptors (Lipinski definition) is 2. The molecule has 1 aromatic rings. The Hall–Kier alpha value is -1.55. The SMILES string of the molecule is CC(Cl)C(=O)NCCC(=O)Nc1ccc(C(C)C)cc1. The maximum Gasteiger partial charge on any atom is 0.237 e. The van der Waals surface area contributed by atoms with Crippen LogP contribution >= 0.6 is 11.6 Å². The zero-order valence-electron chi connectivity index (χ0n) is 12.1. The lowest BCUT2D eigenvalue weighted by atomic mass is 10.0. The van der Waals surface area contributed by atoms with Crippen molar-refractivity contribution in [1.29, 1.82) is 0 Å². The molecule has 1 aromatic carbocycles. The quantitative estimate of drug-likeness (QED) is 0.793. The Morgan fingerprint density at radius 2 is 1.75 bits per heavy atom. The van der Waals surface area contributed by atoms with Gasteiger partial charge in [-0.1, -0.05) is 26.0 Å². The van der Waals surface area contributed by atoms with Crippen LogP contribution in [0.5, 0.6) is 0 Å². The molecule has 0 fully saturated rings. The minimum absolute atomic E-state index is 0.134. The molecule has 0 radical (unpaired) electrons. The van der Waals surface area contributed by atoms with E-state index >= 15 is 0 Å². The van der Waals surface area contributed by atoms with Gasteiger partial charge in [-0.2, -0.15) is 0 Å². The van der Waals surface area contributed by atoms with Gasteiger partial charge in [0, 0.05) is 18.7 Å². The Kier molecular flexibility index (Phi) is 6.52. The van der Waals surface area contributed by atoms with E-state index in [1.807, 2.05) is 24.3 Å². The second-order valence-electron chi connectivity index (χ2n) is 4.98. The fourth-order valence-electron chi connectivity index (χ4n) is 1.61. The monoisotopic (exact) mass is 296 g/mol. The van der Waals surface area contributed by atoms with E-state index in [2.05, 4.69) is 24.5 Å². The molecule has 4 nitrogen and oxygen atoms in total. The number of hydrogen-bond donors (Lipinski definition) is 2. The first-order valence-corrected chi connectivity index (χ1v) is 7.15. The summed E-state index contributed by atoms with van der Waals surface area (Å²) < 4.78 is 0. The van der Waals surface area contributed by atoms with Crippen molar-refractivity contribution in [3.05, 3.63) is 29.8 Å². The topological polar surface area (TPSA) is 58.2 Å². The summed E-state index contributed by atoms with van der Waals surface area (Å²) in [6, 6.07) is 7.76. The highest BCUT2D eigenvalue weighted by molar-refractivity contribution is 6.30. The van der Waals surface area contributed by atoms with Gasteiger partial charge in [0.2, 0.25) is 11.8 Å². The summed E-state index contributed by atoms with van der Waals surface area (Å²) in [6.45, 7) is 6.11. The van der Waals surface area contributed by atoms with Crippen molar-refractivity contribution in [3.63, 3.8) is 0 Å². The molecular formula is C15H21ClN2O2. The third-order valence-corrected chi connectivity index (χ3v) is 3.07. The summed E-state index contributed by atoms with van der Waals surface area (Å²) in [5.74, 6) is 0.0677. The lowest BCUT2D eigenvalue weighted by Crippen LogP contribution is -2.32. The molecule has 0 saturated carbocycles. The molecule has 0 bridgehead atoms. The molecule has 0 heterocycles. The minimum atomic E-state index is -0.582. The summed E-state index contributed by atoms with van der Waals surface area (Å²) in [4.78, 5) is 22.9. The first-order valence-electron chi connectivity index (χ1n) is 6.71. The Bertz CT molecular complexity index is 455. The van der Waals surface area contributed by atoms with Crippen LogP contribution in [0.1, 0.15) is 38.7 Å². The third kappa shape index (κ3) is 5.61. The van der Waals surface area contributed by atoms with Crippen LogP contribution in [0.2, 0.25) is 0 Å². The lowest BCUT2D eigenvalue weighted by molar-refractivity contribution is -0.120. The highest BCUT2D eigenvalue weighted by atomic mass is 35.5. The predicted molar refractivity (Wildman–Crippen MR) is 82.1 cm³/mol. The molecule has 20 heavy (non-hydrogen) atoms. The van der Waals surface area contributed by atoms with Gasteiger partial charge in [0.1, 0.15) is 5.38 Å². The number of amides is 2. The Morgan fingerprint density at radius 3 is 2.25 bits per heavy atom. The first kappa shape index (κ1) is 16.5. The molecular weight excluding hydrogens is 276 g/mol. The van der Waals surface area contributed by atoms with Gasteiger partial charge >= 0.3 is 0 Å². The third-order valence-electron chi connectivity index (χ3n) is 2.87. The molecule has 2 amide bonds. The minimum Gasteiger partial charge on any atom is -0.354 e. The number of alkyl halides is 1. The van der Waals surface area contributed by atoms with E-state index in [0.29, 0.717) is 5.92 Å². The van der Waals surface area contributed by atoms with Gasteiger partial charge in [-0.05, 0) is 30.5 Å². The zero-order chi connectivity index (χ0) is 15.1. The zero-order valence-corrected chi connectivity index (χ0v) is 12.8. The number of carbonyl (C=O) groups is 2. The Balaban J connectivity index is 2.37. The standard InChI is InChI=1S/C15H21ClN2O2/c1-10(2)12-4-6-13(7-5-12)18-14(19)8-9-17-15(20)11(3)16/h4-7,10-11H,8-9H2,1-3H3,(H,17,20)(H,18,19). The number of nitrogens with one attached hydrogen (secondary N) is 2. The van der Waals surface area contributed by atoms with E-state index in [4.69, 9.17) is 11.6 Å². The summed E-state index contributed by atoms with van der Waals surface area (Å²) in [5, 5.41) is 4.80. The van der Waals surface area contributed by atoms with Gasteiger partial charge in [-0.25, -0.2) is 0 Å². The van der Waals surface area contributed by atoms with E-state index < -0.39 is 5.38 Å². The van der Waals surface area contributed by atoms with E-state index in [-0.39, 0.29) is 24.8 Å². The number of carbonyl (C=O) groups excluding carboxylic acids is 2. The number of rotatable bonds is 6. The van der Waals surface area contributed by atoms with Gasteiger partial charge in [0.05, 0.1) is 0 Å². The van der Waals surface area contributed by atoms with Crippen molar-refractivity contribution in [1.82, 2.24) is 5.32 Å². The molecule has 1 unspecified atom stereocenters. The van der Waals surface area contributed by atoms with Gasteiger partial charge in [0.25, 0.3) is 0 Å². The fraction of sp³-hybridized carbons (Fsp3) is 0.467. The van der Waals surface area contributed by atoms with Crippen molar-refractivity contribution < 1.29 is 9.59 Å². The molecule has 1 rings (SSSR count). The van der Waals surface area contributed by atoms with Crippen molar-refractivity contribution in [3.8, 4) is 0 Å². The smallest absolute Gasteiger partial charge is 0.237 e. The van der Waals surface area contributed by atoms with Crippen molar-refractivity contribution >= 4 is 29.1 Å². The van der Waals surface area contributed by atoms with Crippen molar-refractivity contribution in [2.45, 2.75) is 38.5 Å². The van der Waals surface area contributed by atoms with E-state index in [0.717, 1.165) is 5.69 Å². The number of anilines is 1. The van der Waals surface area contributed by atoms with Crippen LogP contribution in [-0.2, 0) is 9.59 Å². The second-order valence-corrected chi connectivity index (χ2v) is 5.64. The Labute approximate surface area is 124 Å². The average molecular weight is 297 g/mol. The van der Waals surface area contributed by atoms with Gasteiger partial charge in [-0.3, -0.25) is 9.59 Å². The molecule has 0 aliphatic heterocycles. The van der Waals surface area contributed by atoms with Crippen molar-refractivity contribution in [2.24, 2.45) is 0 Å². The molecule has 2 N–H and O–H groups in total. The maximum atomic E-state index is 11.7. The number of benzene rings is 1. The van der Waals surface area contributed by atoms with Gasteiger partial charge in [0.15, 0.2) is 0 Å². The average Bonchev–Trinajstić information content (AvgIpc) is 2.39.